The van der Waals surface area contributed by atoms with Crippen LogP contribution in [-0.4, -0.2) is 70.8 Å². The van der Waals surface area contributed by atoms with Crippen molar-refractivity contribution in [2.75, 3.05) is 6.54 Å². The van der Waals surface area contributed by atoms with Crippen molar-refractivity contribution in [2.45, 2.75) is 96.2 Å². The minimum Gasteiger partial charge on any atom is -0.445 e. The maximum Gasteiger partial charge on any atom is 0.408 e. The van der Waals surface area contributed by atoms with Crippen LogP contribution < -0.4 is 21.4 Å². The Labute approximate surface area is 316 Å². The lowest BCUT2D eigenvalue weighted by atomic mass is 9.85. The lowest BCUT2D eigenvalue weighted by Crippen LogP contribution is -2.59. The molecule has 54 heavy (non-hydrogen) atoms. The van der Waals surface area contributed by atoms with E-state index in [-0.39, 0.29) is 32.0 Å². The van der Waals surface area contributed by atoms with E-state index in [0.717, 1.165) is 35.1 Å². The molecule has 3 aromatic carbocycles. The molecule has 6 rings (SSSR count). The summed E-state index contributed by atoms with van der Waals surface area (Å²) in [4.78, 5) is 75.5. The van der Waals surface area contributed by atoms with Gasteiger partial charge in [-0.05, 0) is 53.0 Å². The zero-order chi connectivity index (χ0) is 38.5. The van der Waals surface area contributed by atoms with Gasteiger partial charge in [-0.15, -0.1) is 0 Å². The molecule has 4 N–H and O–H groups in total. The van der Waals surface area contributed by atoms with Crippen LogP contribution in [0.15, 0.2) is 91.0 Å². The zero-order valence-electron chi connectivity index (χ0n) is 31.2. The molecule has 2 fully saturated rings. The molecule has 2 heterocycles. The molecular formula is C42H49N5O7. The second-order valence-electron chi connectivity index (χ2n) is 15.4. The summed E-state index contributed by atoms with van der Waals surface area (Å²) in [6.45, 7) is 7.28. The number of ketones is 1. The Morgan fingerprint density at radius 3 is 2.15 bits per heavy atom. The van der Waals surface area contributed by atoms with E-state index in [4.69, 9.17) is 9.57 Å². The molecule has 3 aromatic rings. The standard InChI is InChI=1S/C42H49N5O7/c1-5-12-32(35(48)38(50)43-31-21-22-31)44-37(49)34-24-42(23-33(46-54-42)30-19-17-29(18-20-30)28-15-10-7-11-16-28)26-47(34)39(51)36(41(2,3)4)45-40(52)53-25-27-13-8-6-9-14-27/h6-11,13-20,23,31-32,34,36,46H,5,12,21-22,24-26H2,1-4H3,(H,43,50)(H,44,49)(H,45,52)/t32-,34-,36+,42+/m0/s1. The number of Topliss-reactive ketones (excluding diaryl/α,β-unsaturated/α-hetero) is 1. The molecule has 4 atom stereocenters. The number of carbonyl (C=O) groups excluding carboxylic acids is 5. The van der Waals surface area contributed by atoms with Gasteiger partial charge in [0, 0.05) is 12.5 Å². The van der Waals surface area contributed by atoms with Gasteiger partial charge in [0.2, 0.25) is 17.6 Å². The summed E-state index contributed by atoms with van der Waals surface area (Å²) in [6.07, 6.45) is 3.56. The highest BCUT2D eigenvalue weighted by molar-refractivity contribution is 6.38. The number of hydrogen-bond acceptors (Lipinski definition) is 8. The van der Waals surface area contributed by atoms with E-state index in [2.05, 4.69) is 21.4 Å². The van der Waals surface area contributed by atoms with Gasteiger partial charge in [-0.1, -0.05) is 119 Å². The summed E-state index contributed by atoms with van der Waals surface area (Å²) in [5.41, 5.74) is 5.55. The van der Waals surface area contributed by atoms with Crippen LogP contribution >= 0.6 is 0 Å². The second kappa shape index (κ2) is 16.3. The molecular weight excluding hydrogens is 686 g/mol. The number of benzene rings is 3. The maximum absolute atomic E-state index is 14.6. The van der Waals surface area contributed by atoms with Gasteiger partial charge >= 0.3 is 6.09 Å². The molecule has 284 valence electrons. The van der Waals surface area contributed by atoms with Crippen molar-refractivity contribution >= 4 is 35.3 Å². The lowest BCUT2D eigenvalue weighted by molar-refractivity contribution is -0.144. The van der Waals surface area contributed by atoms with Crippen LogP contribution in [0.3, 0.4) is 0 Å². The number of rotatable bonds is 13. The van der Waals surface area contributed by atoms with Gasteiger partial charge in [0.05, 0.1) is 18.3 Å². The van der Waals surface area contributed by atoms with Crippen LogP contribution in [0.1, 0.15) is 70.9 Å². The third-order valence-corrected chi connectivity index (χ3v) is 9.95. The van der Waals surface area contributed by atoms with Crippen molar-refractivity contribution in [3.05, 3.63) is 102 Å². The SMILES string of the molecule is CCC[C@H](NC(=O)[C@@H]1C[C@]2(C=C(c3ccc(-c4ccccc4)cc3)NO2)CN1C(=O)[C@@H](NC(=O)OCc1ccccc1)C(C)(C)C)C(=O)C(=O)NC1CC1. The summed E-state index contributed by atoms with van der Waals surface area (Å²) in [6, 6.07) is 23.9. The molecule has 0 bridgehead atoms. The van der Waals surface area contributed by atoms with E-state index >= 15 is 0 Å². The molecule has 3 aliphatic rings. The fourth-order valence-corrected chi connectivity index (χ4v) is 6.80. The van der Waals surface area contributed by atoms with E-state index in [1.54, 1.807) is 0 Å². The Hall–Kier alpha value is -5.49. The van der Waals surface area contributed by atoms with E-state index in [0.29, 0.717) is 12.1 Å². The molecule has 1 spiro atoms. The number of ether oxygens (including phenoxy) is 1. The first-order chi connectivity index (χ1) is 25.9. The zero-order valence-corrected chi connectivity index (χ0v) is 31.2. The fraction of sp³-hybridized carbons (Fsp3) is 0.405. The first-order valence-corrected chi connectivity index (χ1v) is 18.6. The Balaban J connectivity index is 1.25. The molecule has 0 unspecified atom stereocenters. The molecule has 0 radical (unpaired) electrons. The molecule has 4 amide bonds. The highest BCUT2D eigenvalue weighted by Crippen LogP contribution is 2.39. The summed E-state index contributed by atoms with van der Waals surface area (Å²) < 4.78 is 5.47. The quantitative estimate of drug-likeness (QED) is 0.178. The number of carbonyl (C=O) groups is 5. The van der Waals surface area contributed by atoms with Crippen LogP contribution in [0.5, 0.6) is 0 Å². The predicted molar refractivity (Wildman–Crippen MR) is 203 cm³/mol. The van der Waals surface area contributed by atoms with Crippen LogP contribution in [0.25, 0.3) is 16.8 Å². The summed E-state index contributed by atoms with van der Waals surface area (Å²) in [7, 11) is 0. The first kappa shape index (κ1) is 38.2. The third-order valence-electron chi connectivity index (χ3n) is 9.95. The lowest BCUT2D eigenvalue weighted by Gasteiger charge is -2.35. The average Bonchev–Trinajstić information content (AvgIpc) is 3.77. The second-order valence-corrected chi connectivity index (χ2v) is 15.4. The Kier molecular flexibility index (Phi) is 11.5. The number of alkyl carbamates (subject to hydrolysis) is 1. The van der Waals surface area contributed by atoms with Crippen LogP contribution in [0, 0.1) is 5.41 Å². The smallest absolute Gasteiger partial charge is 0.408 e. The Bertz CT molecular complexity index is 1870. The number of hydrogen-bond donors (Lipinski definition) is 4. The summed E-state index contributed by atoms with van der Waals surface area (Å²) in [5.74, 6) is -2.56. The predicted octanol–water partition coefficient (Wildman–Crippen LogP) is 5.04. The number of amides is 4. The number of nitrogens with zero attached hydrogens (tertiary/aromatic N) is 1. The number of likely N-dealkylation sites (tertiary alicyclic amines) is 1. The van der Waals surface area contributed by atoms with Crippen LogP contribution in [0.4, 0.5) is 4.79 Å². The fourth-order valence-electron chi connectivity index (χ4n) is 6.80. The van der Waals surface area contributed by atoms with Crippen molar-refractivity contribution < 1.29 is 33.5 Å². The van der Waals surface area contributed by atoms with E-state index < -0.39 is 58.7 Å². The minimum absolute atomic E-state index is 0.0101. The first-order valence-electron chi connectivity index (χ1n) is 18.6. The number of nitrogens with one attached hydrogen (secondary N) is 4. The molecule has 12 nitrogen and oxygen atoms in total. The molecule has 1 aliphatic carbocycles. The Morgan fingerprint density at radius 1 is 0.889 bits per heavy atom. The highest BCUT2D eigenvalue weighted by Gasteiger charge is 2.54. The van der Waals surface area contributed by atoms with Gasteiger partial charge in [-0.2, -0.15) is 0 Å². The van der Waals surface area contributed by atoms with E-state index in [1.165, 1.54) is 4.90 Å². The van der Waals surface area contributed by atoms with Crippen molar-refractivity contribution in [2.24, 2.45) is 5.41 Å². The van der Waals surface area contributed by atoms with E-state index in [9.17, 15) is 24.0 Å². The molecule has 1 saturated heterocycles. The van der Waals surface area contributed by atoms with E-state index in [1.807, 2.05) is 119 Å². The molecule has 2 aliphatic heterocycles. The summed E-state index contributed by atoms with van der Waals surface area (Å²) in [5, 5.41) is 8.26. The monoisotopic (exact) mass is 735 g/mol. The summed E-state index contributed by atoms with van der Waals surface area (Å²) >= 11 is 0. The Morgan fingerprint density at radius 2 is 1.52 bits per heavy atom. The van der Waals surface area contributed by atoms with Gasteiger partial charge in [-0.3, -0.25) is 29.5 Å². The van der Waals surface area contributed by atoms with Gasteiger partial charge < -0.3 is 25.6 Å². The van der Waals surface area contributed by atoms with Gasteiger partial charge in [0.25, 0.3) is 5.91 Å². The molecule has 0 aromatic heterocycles. The third kappa shape index (κ3) is 9.17. The van der Waals surface area contributed by atoms with Gasteiger partial charge in [-0.25, -0.2) is 4.79 Å². The van der Waals surface area contributed by atoms with Crippen molar-refractivity contribution in [3.8, 4) is 11.1 Å². The van der Waals surface area contributed by atoms with Crippen molar-refractivity contribution in [1.29, 1.82) is 0 Å². The normalized spacial score (nSPS) is 20.3. The molecule has 12 heteroatoms. The average molecular weight is 736 g/mol. The minimum atomic E-state index is -1.12. The number of hydroxylamine groups is 1. The maximum atomic E-state index is 14.6. The van der Waals surface area contributed by atoms with Crippen LogP contribution in [-0.2, 0) is 35.4 Å². The largest absolute Gasteiger partial charge is 0.445 e. The highest BCUT2D eigenvalue weighted by atomic mass is 16.7. The van der Waals surface area contributed by atoms with Gasteiger partial charge in [0.15, 0.2) is 0 Å². The van der Waals surface area contributed by atoms with Crippen molar-refractivity contribution in [1.82, 2.24) is 26.3 Å². The van der Waals surface area contributed by atoms with Gasteiger partial charge in [0.1, 0.15) is 24.3 Å². The topological polar surface area (TPSA) is 155 Å². The van der Waals surface area contributed by atoms with Crippen LogP contribution in [0.2, 0.25) is 0 Å². The van der Waals surface area contributed by atoms with Crippen molar-refractivity contribution in [3.63, 3.8) is 0 Å². The molecule has 1 saturated carbocycles.